The fourth-order valence-electron chi connectivity index (χ4n) is 3.54. The average molecular weight is 375 g/mol. The Balaban J connectivity index is 1.60. The summed E-state index contributed by atoms with van der Waals surface area (Å²) in [7, 11) is 0. The minimum absolute atomic E-state index is 0.00770. The van der Waals surface area contributed by atoms with Crippen molar-refractivity contribution in [2.75, 3.05) is 39.3 Å². The van der Waals surface area contributed by atoms with Crippen molar-refractivity contribution in [2.24, 2.45) is 0 Å². The minimum Gasteiger partial charge on any atom is -0.352 e. The third kappa shape index (κ3) is 4.47. The molecule has 0 bridgehead atoms. The predicted molar refractivity (Wildman–Crippen MR) is 107 cm³/mol. The van der Waals surface area contributed by atoms with Gasteiger partial charge in [0.1, 0.15) is 0 Å². The summed E-state index contributed by atoms with van der Waals surface area (Å²) in [6.07, 6.45) is 0.971. The van der Waals surface area contributed by atoms with E-state index in [-0.39, 0.29) is 5.91 Å². The first kappa shape index (κ1) is 19.0. The highest BCUT2D eigenvalue weighted by molar-refractivity contribution is 6.30. The number of nitrogens with zero attached hydrogens (tertiary/aromatic N) is 2. The van der Waals surface area contributed by atoms with Crippen molar-refractivity contribution in [1.29, 1.82) is 0 Å². The first-order valence-corrected chi connectivity index (χ1v) is 9.60. The lowest BCUT2D eigenvalue weighted by molar-refractivity contribution is 0.0950. The number of aromatic nitrogens is 1. The number of benzene rings is 1. The summed E-state index contributed by atoms with van der Waals surface area (Å²) in [5.41, 5.74) is 3.66. The SMILES string of the molecule is Cc1cc(C(=O)NCCCN2CCNCC2)c(C)n1-c1cccc(Cl)c1. The van der Waals surface area contributed by atoms with Gasteiger partial charge in [-0.05, 0) is 51.1 Å². The Morgan fingerprint density at radius 1 is 1.23 bits per heavy atom. The molecular formula is C20H27ClN4O. The molecule has 0 atom stereocenters. The van der Waals surface area contributed by atoms with Gasteiger partial charge in [-0.15, -0.1) is 0 Å². The van der Waals surface area contributed by atoms with Crippen LogP contribution in [0.15, 0.2) is 30.3 Å². The number of hydrogen-bond donors (Lipinski definition) is 2. The largest absolute Gasteiger partial charge is 0.352 e. The molecule has 5 nitrogen and oxygen atoms in total. The topological polar surface area (TPSA) is 49.3 Å². The molecule has 2 aromatic rings. The van der Waals surface area contributed by atoms with Crippen LogP contribution in [0, 0.1) is 13.8 Å². The maximum absolute atomic E-state index is 12.6. The van der Waals surface area contributed by atoms with Gasteiger partial charge in [-0.1, -0.05) is 17.7 Å². The third-order valence-corrected chi connectivity index (χ3v) is 5.12. The van der Waals surface area contributed by atoms with E-state index in [1.165, 1.54) is 0 Å². The first-order chi connectivity index (χ1) is 12.6. The zero-order chi connectivity index (χ0) is 18.5. The summed E-state index contributed by atoms with van der Waals surface area (Å²) in [5.74, 6) is -0.00770. The molecule has 0 spiro atoms. The fourth-order valence-corrected chi connectivity index (χ4v) is 3.72. The molecule has 1 saturated heterocycles. The summed E-state index contributed by atoms with van der Waals surface area (Å²) >= 11 is 6.12. The van der Waals surface area contributed by atoms with Crippen LogP contribution in [0.5, 0.6) is 0 Å². The normalized spacial score (nSPS) is 15.2. The molecule has 0 aliphatic carbocycles. The second-order valence-corrected chi connectivity index (χ2v) is 7.24. The number of carbonyl (C=O) groups is 1. The maximum atomic E-state index is 12.6. The molecule has 1 fully saturated rings. The highest BCUT2D eigenvalue weighted by Crippen LogP contribution is 2.23. The van der Waals surface area contributed by atoms with Gasteiger partial charge in [-0.3, -0.25) is 4.79 Å². The second kappa shape index (κ2) is 8.71. The molecule has 0 saturated carbocycles. The van der Waals surface area contributed by atoms with E-state index in [4.69, 9.17) is 11.6 Å². The van der Waals surface area contributed by atoms with Crippen molar-refractivity contribution >= 4 is 17.5 Å². The molecule has 6 heteroatoms. The monoisotopic (exact) mass is 374 g/mol. The molecule has 0 unspecified atom stereocenters. The van der Waals surface area contributed by atoms with E-state index in [2.05, 4.69) is 20.1 Å². The molecule has 1 aromatic carbocycles. The number of aryl methyl sites for hydroxylation is 1. The van der Waals surface area contributed by atoms with E-state index < -0.39 is 0 Å². The molecule has 1 aliphatic heterocycles. The van der Waals surface area contributed by atoms with Crippen LogP contribution in [0.25, 0.3) is 5.69 Å². The fraction of sp³-hybridized carbons (Fsp3) is 0.450. The van der Waals surface area contributed by atoms with E-state index in [1.807, 2.05) is 44.2 Å². The van der Waals surface area contributed by atoms with E-state index in [9.17, 15) is 4.79 Å². The number of rotatable bonds is 6. The van der Waals surface area contributed by atoms with Gasteiger partial charge in [0.05, 0.1) is 5.56 Å². The van der Waals surface area contributed by atoms with Crippen molar-refractivity contribution in [3.8, 4) is 5.69 Å². The summed E-state index contributed by atoms with van der Waals surface area (Å²) in [4.78, 5) is 15.0. The Morgan fingerprint density at radius 3 is 2.73 bits per heavy atom. The molecule has 140 valence electrons. The Morgan fingerprint density at radius 2 is 2.00 bits per heavy atom. The Bertz CT molecular complexity index is 765. The zero-order valence-corrected chi connectivity index (χ0v) is 16.3. The molecule has 0 radical (unpaired) electrons. The Kier molecular flexibility index (Phi) is 6.35. The summed E-state index contributed by atoms with van der Waals surface area (Å²) in [6.45, 7) is 10.0. The van der Waals surface area contributed by atoms with E-state index in [0.29, 0.717) is 11.6 Å². The smallest absolute Gasteiger partial charge is 0.253 e. The van der Waals surface area contributed by atoms with Gasteiger partial charge < -0.3 is 20.1 Å². The Hall–Kier alpha value is -1.82. The van der Waals surface area contributed by atoms with Gasteiger partial charge in [0.2, 0.25) is 0 Å². The van der Waals surface area contributed by atoms with Gasteiger partial charge in [0.15, 0.2) is 0 Å². The van der Waals surface area contributed by atoms with Gasteiger partial charge in [0, 0.05) is 54.8 Å². The molecule has 1 aromatic heterocycles. The highest BCUT2D eigenvalue weighted by atomic mass is 35.5. The van der Waals surface area contributed by atoms with Crippen molar-refractivity contribution in [2.45, 2.75) is 20.3 Å². The van der Waals surface area contributed by atoms with Crippen LogP contribution >= 0.6 is 11.6 Å². The van der Waals surface area contributed by atoms with Crippen molar-refractivity contribution in [1.82, 2.24) is 20.1 Å². The number of carbonyl (C=O) groups excluding carboxylic acids is 1. The second-order valence-electron chi connectivity index (χ2n) is 6.80. The van der Waals surface area contributed by atoms with Crippen molar-refractivity contribution in [3.05, 3.63) is 52.3 Å². The molecule has 3 rings (SSSR count). The third-order valence-electron chi connectivity index (χ3n) is 4.89. The van der Waals surface area contributed by atoms with E-state index in [0.717, 1.165) is 61.8 Å². The number of halogens is 1. The van der Waals surface area contributed by atoms with Crippen LogP contribution in [0.3, 0.4) is 0 Å². The quantitative estimate of drug-likeness (QED) is 0.764. The van der Waals surface area contributed by atoms with E-state index >= 15 is 0 Å². The van der Waals surface area contributed by atoms with Crippen molar-refractivity contribution in [3.63, 3.8) is 0 Å². The van der Waals surface area contributed by atoms with Crippen molar-refractivity contribution < 1.29 is 4.79 Å². The molecule has 1 amide bonds. The van der Waals surface area contributed by atoms with Crippen LogP contribution in [0.1, 0.15) is 28.2 Å². The number of nitrogens with one attached hydrogen (secondary N) is 2. The van der Waals surface area contributed by atoms with Crippen LogP contribution in [0.4, 0.5) is 0 Å². The van der Waals surface area contributed by atoms with Gasteiger partial charge in [-0.2, -0.15) is 0 Å². The summed E-state index contributed by atoms with van der Waals surface area (Å²) in [5, 5.41) is 7.10. The summed E-state index contributed by atoms with van der Waals surface area (Å²) < 4.78 is 2.07. The van der Waals surface area contributed by atoms with Crippen LogP contribution in [-0.2, 0) is 0 Å². The lowest BCUT2D eigenvalue weighted by Gasteiger charge is -2.27. The standard InChI is InChI=1S/C20H27ClN4O/c1-15-13-19(16(2)25(15)18-6-3-5-17(21)14-18)20(26)23-7-4-10-24-11-8-22-9-12-24/h3,5-6,13-14,22H,4,7-12H2,1-2H3,(H,23,26). The Labute approximate surface area is 160 Å². The van der Waals surface area contributed by atoms with Crippen LogP contribution < -0.4 is 10.6 Å². The first-order valence-electron chi connectivity index (χ1n) is 9.22. The molecular weight excluding hydrogens is 348 g/mol. The average Bonchev–Trinajstić information content (AvgIpc) is 2.94. The number of piperazine rings is 1. The number of hydrogen-bond acceptors (Lipinski definition) is 3. The van der Waals surface area contributed by atoms with E-state index in [1.54, 1.807) is 0 Å². The predicted octanol–water partition coefficient (Wildman–Crippen LogP) is 2.77. The zero-order valence-electron chi connectivity index (χ0n) is 15.5. The molecule has 26 heavy (non-hydrogen) atoms. The lowest BCUT2D eigenvalue weighted by Crippen LogP contribution is -2.44. The molecule has 1 aliphatic rings. The summed E-state index contributed by atoms with van der Waals surface area (Å²) in [6, 6.07) is 9.64. The molecule has 2 N–H and O–H groups in total. The van der Waals surface area contributed by atoms with Gasteiger partial charge in [-0.25, -0.2) is 0 Å². The maximum Gasteiger partial charge on any atom is 0.253 e. The molecule has 2 heterocycles. The van der Waals surface area contributed by atoms with Crippen LogP contribution in [-0.4, -0.2) is 54.6 Å². The lowest BCUT2D eigenvalue weighted by atomic mass is 10.2. The highest BCUT2D eigenvalue weighted by Gasteiger charge is 2.17. The van der Waals surface area contributed by atoms with Gasteiger partial charge in [0.25, 0.3) is 5.91 Å². The minimum atomic E-state index is -0.00770. The van der Waals surface area contributed by atoms with Gasteiger partial charge >= 0.3 is 0 Å². The van der Waals surface area contributed by atoms with Crippen LogP contribution in [0.2, 0.25) is 5.02 Å². The number of amides is 1.